The molecule has 5 rings (SSSR count). The number of fused-ring (bicyclic) bond motifs is 2. The van der Waals surface area contributed by atoms with Gasteiger partial charge in [-0.3, -0.25) is 14.9 Å². The lowest BCUT2D eigenvalue weighted by atomic mass is 9.95. The molecular formula is C26H27N5O2. The number of para-hydroxylation sites is 1. The lowest BCUT2D eigenvalue weighted by Gasteiger charge is -2.18. The van der Waals surface area contributed by atoms with Crippen LogP contribution in [-0.4, -0.2) is 45.9 Å². The van der Waals surface area contributed by atoms with E-state index in [2.05, 4.69) is 33.6 Å². The number of nitrogens with two attached hydrogens (primary N) is 1. The Bertz CT molecular complexity index is 1420. The van der Waals surface area contributed by atoms with Gasteiger partial charge in [-0.15, -0.1) is 0 Å². The molecule has 0 unspecified atom stereocenters. The third-order valence-corrected chi connectivity index (χ3v) is 6.52. The Morgan fingerprint density at radius 1 is 0.939 bits per heavy atom. The van der Waals surface area contributed by atoms with Crippen molar-refractivity contribution in [1.29, 1.82) is 0 Å². The number of nitrogens with zero attached hydrogens (tertiary/aromatic N) is 2. The monoisotopic (exact) mass is 441 g/mol. The molecule has 2 aromatic carbocycles. The van der Waals surface area contributed by atoms with Crippen LogP contribution in [0.15, 0.2) is 54.9 Å². The summed E-state index contributed by atoms with van der Waals surface area (Å²) in [6.07, 6.45) is 3.78. The van der Waals surface area contributed by atoms with E-state index in [4.69, 9.17) is 5.73 Å². The molecule has 3 heterocycles. The molecule has 0 saturated carbocycles. The Kier molecular flexibility index (Phi) is 5.26. The minimum atomic E-state index is -0.384. The number of hydrogen-bond donors (Lipinski definition) is 3. The topological polar surface area (TPSA) is 96.1 Å². The average molecular weight is 442 g/mol. The van der Waals surface area contributed by atoms with Gasteiger partial charge in [0.05, 0.1) is 11.1 Å². The molecule has 2 aromatic heterocycles. The quantitative estimate of drug-likeness (QED) is 0.302. The van der Waals surface area contributed by atoms with Crippen LogP contribution >= 0.6 is 0 Å². The number of aromatic nitrogens is 2. The summed E-state index contributed by atoms with van der Waals surface area (Å²) in [5.74, 6) is -0.766. The van der Waals surface area contributed by atoms with Crippen LogP contribution in [-0.2, 0) is 16.1 Å². The van der Waals surface area contributed by atoms with E-state index in [1.807, 2.05) is 48.7 Å². The number of rotatable bonds is 7. The molecule has 7 nitrogen and oxygen atoms in total. The summed E-state index contributed by atoms with van der Waals surface area (Å²) < 4.78 is 2.15. The zero-order chi connectivity index (χ0) is 23.1. The van der Waals surface area contributed by atoms with Gasteiger partial charge >= 0.3 is 0 Å². The van der Waals surface area contributed by atoms with Gasteiger partial charge in [-0.05, 0) is 37.4 Å². The highest BCUT2D eigenvalue weighted by atomic mass is 16.2. The smallest absolute Gasteiger partial charge is 0.259 e. The second-order valence-corrected chi connectivity index (χ2v) is 8.32. The number of aromatic amines is 1. The van der Waals surface area contributed by atoms with E-state index < -0.39 is 0 Å². The molecule has 0 bridgehead atoms. The number of H-pyrrole nitrogens is 1. The molecule has 1 aliphatic heterocycles. The Balaban J connectivity index is 1.72. The van der Waals surface area contributed by atoms with Crippen molar-refractivity contribution in [3.8, 4) is 0 Å². The summed E-state index contributed by atoms with van der Waals surface area (Å²) in [5.41, 5.74) is 10.9. The van der Waals surface area contributed by atoms with Gasteiger partial charge in [0.2, 0.25) is 0 Å². The fourth-order valence-electron chi connectivity index (χ4n) is 4.74. The molecule has 4 aromatic rings. The number of nitrogens with one attached hydrogen (secondary N) is 2. The molecule has 1 aliphatic rings. The fourth-order valence-corrected chi connectivity index (χ4v) is 4.74. The van der Waals surface area contributed by atoms with Gasteiger partial charge in [0.1, 0.15) is 0 Å². The average Bonchev–Trinajstić information content (AvgIpc) is 3.47. The van der Waals surface area contributed by atoms with Crippen molar-refractivity contribution >= 4 is 50.5 Å². The lowest BCUT2D eigenvalue weighted by molar-refractivity contribution is -0.122. The maximum Gasteiger partial charge on any atom is 0.259 e. The Morgan fingerprint density at radius 3 is 2.42 bits per heavy atom. The van der Waals surface area contributed by atoms with Gasteiger partial charge in [-0.1, -0.05) is 32.0 Å². The molecule has 0 radical (unpaired) electrons. The molecule has 0 saturated heterocycles. The van der Waals surface area contributed by atoms with Crippen molar-refractivity contribution in [3.05, 3.63) is 66.0 Å². The molecule has 7 heteroatoms. The van der Waals surface area contributed by atoms with E-state index in [0.29, 0.717) is 16.8 Å². The highest BCUT2D eigenvalue weighted by Gasteiger charge is 2.35. The Hall–Kier alpha value is -3.84. The normalized spacial score (nSPS) is 14.3. The van der Waals surface area contributed by atoms with E-state index in [0.717, 1.165) is 59.1 Å². The van der Waals surface area contributed by atoms with Crippen molar-refractivity contribution in [2.75, 3.05) is 25.4 Å². The van der Waals surface area contributed by atoms with Gasteiger partial charge in [0.15, 0.2) is 0 Å². The standard InChI is InChI=1S/C26H27N5O2/c1-3-30(4-2)11-12-31-15-20(18-13-16(27)9-10-22(18)31)24-23(25(32)29-26(24)33)19-14-28-21-8-6-5-7-17(19)21/h5-10,13-15,28H,3-4,11-12,27H2,1-2H3,(H,29,32,33). The van der Waals surface area contributed by atoms with Gasteiger partial charge in [0, 0.05) is 64.1 Å². The van der Waals surface area contributed by atoms with Gasteiger partial charge in [-0.25, -0.2) is 0 Å². The van der Waals surface area contributed by atoms with Crippen LogP contribution in [0.5, 0.6) is 0 Å². The molecule has 168 valence electrons. The SMILES string of the molecule is CCN(CC)CCn1cc(C2=C(c3c[nH]c4ccccc34)C(=O)NC2=O)c2cc(N)ccc21. The number of hydrogen-bond acceptors (Lipinski definition) is 4. The number of benzene rings is 2. The molecule has 0 fully saturated rings. The molecule has 0 spiro atoms. The van der Waals surface area contributed by atoms with Crippen molar-refractivity contribution in [3.63, 3.8) is 0 Å². The van der Waals surface area contributed by atoms with Crippen LogP contribution < -0.4 is 11.1 Å². The van der Waals surface area contributed by atoms with E-state index in [9.17, 15) is 9.59 Å². The minimum absolute atomic E-state index is 0.382. The van der Waals surface area contributed by atoms with Crippen molar-refractivity contribution in [1.82, 2.24) is 19.8 Å². The first-order chi connectivity index (χ1) is 16.0. The second-order valence-electron chi connectivity index (χ2n) is 8.32. The fraction of sp³-hybridized carbons (Fsp3) is 0.231. The van der Waals surface area contributed by atoms with Crippen LogP contribution in [0, 0.1) is 0 Å². The van der Waals surface area contributed by atoms with E-state index in [1.165, 1.54) is 0 Å². The van der Waals surface area contributed by atoms with Crippen LogP contribution in [0.25, 0.3) is 33.0 Å². The number of anilines is 1. The zero-order valence-electron chi connectivity index (χ0n) is 18.8. The third kappa shape index (κ3) is 3.50. The number of amides is 2. The highest BCUT2D eigenvalue weighted by molar-refractivity contribution is 6.50. The molecule has 4 N–H and O–H groups in total. The van der Waals surface area contributed by atoms with E-state index >= 15 is 0 Å². The summed E-state index contributed by atoms with van der Waals surface area (Å²) in [5, 5.41) is 4.28. The van der Waals surface area contributed by atoms with E-state index in [1.54, 1.807) is 6.20 Å². The maximum absolute atomic E-state index is 13.1. The largest absolute Gasteiger partial charge is 0.399 e. The Morgan fingerprint density at radius 2 is 1.67 bits per heavy atom. The molecular weight excluding hydrogens is 414 g/mol. The van der Waals surface area contributed by atoms with Crippen molar-refractivity contribution in [2.24, 2.45) is 0 Å². The van der Waals surface area contributed by atoms with Crippen LogP contribution in [0.4, 0.5) is 5.69 Å². The first-order valence-electron chi connectivity index (χ1n) is 11.3. The molecule has 33 heavy (non-hydrogen) atoms. The third-order valence-electron chi connectivity index (χ3n) is 6.52. The first kappa shape index (κ1) is 21.0. The van der Waals surface area contributed by atoms with Crippen LogP contribution in [0.3, 0.4) is 0 Å². The number of nitrogen functional groups attached to an aromatic ring is 1. The van der Waals surface area contributed by atoms with Crippen molar-refractivity contribution < 1.29 is 9.59 Å². The number of imide groups is 1. The minimum Gasteiger partial charge on any atom is -0.399 e. The lowest BCUT2D eigenvalue weighted by Crippen LogP contribution is -2.26. The van der Waals surface area contributed by atoms with Crippen LogP contribution in [0.2, 0.25) is 0 Å². The van der Waals surface area contributed by atoms with E-state index in [-0.39, 0.29) is 11.8 Å². The molecule has 0 aliphatic carbocycles. The van der Waals surface area contributed by atoms with Gasteiger partial charge in [-0.2, -0.15) is 0 Å². The predicted molar refractivity (Wildman–Crippen MR) is 132 cm³/mol. The maximum atomic E-state index is 13.1. The van der Waals surface area contributed by atoms with Crippen molar-refractivity contribution in [2.45, 2.75) is 20.4 Å². The highest BCUT2D eigenvalue weighted by Crippen LogP contribution is 2.38. The number of likely N-dealkylation sites (N-methyl/N-ethyl adjacent to an activating group) is 1. The summed E-state index contributed by atoms with van der Waals surface area (Å²) >= 11 is 0. The Labute approximate surface area is 191 Å². The van der Waals surface area contributed by atoms with Gasteiger partial charge < -0.3 is 20.2 Å². The van der Waals surface area contributed by atoms with Gasteiger partial charge in [0.25, 0.3) is 11.8 Å². The molecule has 2 amide bonds. The summed E-state index contributed by atoms with van der Waals surface area (Å²) in [4.78, 5) is 31.6. The first-order valence-corrected chi connectivity index (χ1v) is 11.3. The summed E-state index contributed by atoms with van der Waals surface area (Å²) in [6.45, 7) is 7.91. The number of carbonyl (C=O) groups excluding carboxylic acids is 2. The molecule has 0 atom stereocenters. The van der Waals surface area contributed by atoms with Crippen LogP contribution in [0.1, 0.15) is 25.0 Å². The number of carbonyl (C=O) groups is 2. The predicted octanol–water partition coefficient (Wildman–Crippen LogP) is 3.61. The zero-order valence-corrected chi connectivity index (χ0v) is 18.8. The summed E-state index contributed by atoms with van der Waals surface area (Å²) in [7, 11) is 0. The summed E-state index contributed by atoms with van der Waals surface area (Å²) in [6, 6.07) is 13.5. The second kappa shape index (κ2) is 8.26.